The van der Waals surface area contributed by atoms with Crippen LogP contribution in [0.25, 0.3) is 0 Å². The predicted molar refractivity (Wildman–Crippen MR) is 151 cm³/mol. The molecule has 0 aromatic heterocycles. The van der Waals surface area contributed by atoms with Crippen molar-refractivity contribution in [2.24, 2.45) is 0 Å². The Morgan fingerprint density at radius 2 is 1.88 bits per heavy atom. The SMILES string of the molecule is CCOC(=O)[C@H]1CC=CCN1C(=O)[C@H](Cc1ccc(C)c(C#N)c1)NS(=O)(=O)c1ccc2c(c1)CCN(C)CC2. The van der Waals surface area contributed by atoms with E-state index in [1.54, 1.807) is 43.3 Å². The van der Waals surface area contributed by atoms with Gasteiger partial charge in [0.1, 0.15) is 12.1 Å². The van der Waals surface area contributed by atoms with Crippen LogP contribution in [0.1, 0.15) is 41.2 Å². The molecule has 1 amide bonds. The van der Waals surface area contributed by atoms with Crippen molar-refractivity contribution in [2.45, 2.75) is 56.5 Å². The summed E-state index contributed by atoms with van der Waals surface area (Å²) in [6, 6.07) is 10.5. The van der Waals surface area contributed by atoms with E-state index in [4.69, 9.17) is 4.74 Å². The number of likely N-dealkylation sites (N-methyl/N-ethyl adjacent to an activating group) is 1. The second-order valence-corrected chi connectivity index (χ2v) is 12.1. The molecule has 2 aromatic carbocycles. The standard InChI is InChI=1S/C30H36N4O5S/c1-4-39-30(36)28-7-5-6-14-34(28)29(35)27(18-22-9-8-21(2)25(17-22)20-31)32-40(37,38)26-11-10-23-12-15-33(3)16-13-24(23)19-26/h5-6,8-11,17,19,27-28,32H,4,7,12-16,18H2,1-3H3/t27-,28+/m0/s1. The number of nitrogens with one attached hydrogen (secondary N) is 1. The highest BCUT2D eigenvalue weighted by atomic mass is 32.2. The number of sulfonamides is 1. The number of hydrogen-bond donors (Lipinski definition) is 1. The molecule has 2 atom stereocenters. The second-order valence-electron chi connectivity index (χ2n) is 10.3. The van der Waals surface area contributed by atoms with Crippen molar-refractivity contribution in [3.05, 3.63) is 76.4 Å². The highest BCUT2D eigenvalue weighted by Gasteiger charge is 2.37. The van der Waals surface area contributed by atoms with Crippen molar-refractivity contribution in [3.8, 4) is 6.07 Å². The Labute approximate surface area is 236 Å². The Kier molecular flexibility index (Phi) is 9.40. The molecule has 1 N–H and O–H groups in total. The van der Waals surface area contributed by atoms with Gasteiger partial charge in [0.15, 0.2) is 0 Å². The van der Waals surface area contributed by atoms with E-state index >= 15 is 0 Å². The van der Waals surface area contributed by atoms with Crippen LogP contribution in [0, 0.1) is 18.3 Å². The summed E-state index contributed by atoms with van der Waals surface area (Å²) in [5.74, 6) is -1.05. The van der Waals surface area contributed by atoms with Gasteiger partial charge in [0, 0.05) is 19.6 Å². The number of carbonyl (C=O) groups is 2. The molecule has 0 spiro atoms. The molecule has 40 heavy (non-hydrogen) atoms. The summed E-state index contributed by atoms with van der Waals surface area (Å²) in [6.45, 7) is 5.57. The molecule has 2 heterocycles. The van der Waals surface area contributed by atoms with Crippen LogP contribution in [0.2, 0.25) is 0 Å². The molecule has 9 nitrogen and oxygen atoms in total. The lowest BCUT2D eigenvalue weighted by Gasteiger charge is -2.34. The van der Waals surface area contributed by atoms with Crippen molar-refractivity contribution >= 4 is 21.9 Å². The monoisotopic (exact) mass is 564 g/mol. The fourth-order valence-corrected chi connectivity index (χ4v) is 6.38. The Morgan fingerprint density at radius 1 is 1.12 bits per heavy atom. The topological polar surface area (TPSA) is 120 Å². The highest BCUT2D eigenvalue weighted by Crippen LogP contribution is 2.23. The average molecular weight is 565 g/mol. The van der Waals surface area contributed by atoms with E-state index in [2.05, 4.69) is 15.7 Å². The quantitative estimate of drug-likeness (QED) is 0.386. The molecule has 0 aliphatic carbocycles. The van der Waals surface area contributed by atoms with Crippen LogP contribution in [0.4, 0.5) is 0 Å². The first kappa shape index (κ1) is 29.5. The van der Waals surface area contributed by atoms with E-state index in [0.717, 1.165) is 42.6 Å². The summed E-state index contributed by atoms with van der Waals surface area (Å²) in [6.07, 6.45) is 5.47. The van der Waals surface area contributed by atoms with Crippen LogP contribution in [0.15, 0.2) is 53.4 Å². The minimum atomic E-state index is -4.10. The van der Waals surface area contributed by atoms with Crippen LogP contribution in [0.5, 0.6) is 0 Å². The number of rotatable bonds is 8. The molecule has 0 saturated heterocycles. The highest BCUT2D eigenvalue weighted by molar-refractivity contribution is 7.89. The summed E-state index contributed by atoms with van der Waals surface area (Å²) in [5.41, 5.74) is 3.97. The molecule has 0 unspecified atom stereocenters. The van der Waals surface area contributed by atoms with Gasteiger partial charge in [0.25, 0.3) is 0 Å². The fraction of sp³-hybridized carbons (Fsp3) is 0.433. The number of aryl methyl sites for hydroxylation is 1. The maximum absolute atomic E-state index is 14.0. The normalized spacial score (nSPS) is 18.4. The predicted octanol–water partition coefficient (Wildman–Crippen LogP) is 2.51. The van der Waals surface area contributed by atoms with Crippen molar-refractivity contribution < 1.29 is 22.7 Å². The Balaban J connectivity index is 1.67. The van der Waals surface area contributed by atoms with Crippen molar-refractivity contribution in [3.63, 3.8) is 0 Å². The largest absolute Gasteiger partial charge is 0.464 e. The summed E-state index contributed by atoms with van der Waals surface area (Å²) in [7, 11) is -2.06. The van der Waals surface area contributed by atoms with E-state index in [0.29, 0.717) is 11.1 Å². The average Bonchev–Trinajstić information content (AvgIpc) is 3.14. The van der Waals surface area contributed by atoms with Gasteiger partial charge in [-0.05, 0) is 87.0 Å². The molecule has 2 aliphatic rings. The molecule has 0 saturated carbocycles. The van der Waals surface area contributed by atoms with Gasteiger partial charge in [-0.1, -0.05) is 30.4 Å². The second kappa shape index (κ2) is 12.8. The lowest BCUT2D eigenvalue weighted by molar-refractivity contribution is -0.155. The van der Waals surface area contributed by atoms with Gasteiger partial charge in [-0.25, -0.2) is 13.2 Å². The first-order valence-electron chi connectivity index (χ1n) is 13.6. The minimum Gasteiger partial charge on any atom is -0.464 e. The zero-order chi connectivity index (χ0) is 28.9. The Morgan fingerprint density at radius 3 is 2.60 bits per heavy atom. The Bertz CT molecular complexity index is 1450. The molecular weight excluding hydrogens is 528 g/mol. The van der Waals surface area contributed by atoms with Crippen LogP contribution in [-0.2, 0) is 43.6 Å². The third-order valence-corrected chi connectivity index (χ3v) is 8.99. The number of fused-ring (bicyclic) bond motifs is 1. The Hall–Kier alpha value is -3.52. The summed E-state index contributed by atoms with van der Waals surface area (Å²) in [4.78, 5) is 30.3. The third-order valence-electron chi connectivity index (χ3n) is 7.52. The summed E-state index contributed by atoms with van der Waals surface area (Å²) < 4.78 is 35.2. The fourth-order valence-electron chi connectivity index (χ4n) is 5.14. The van der Waals surface area contributed by atoms with Crippen molar-refractivity contribution in [1.29, 1.82) is 5.26 Å². The van der Waals surface area contributed by atoms with Gasteiger partial charge in [-0.2, -0.15) is 9.98 Å². The number of benzene rings is 2. The molecule has 2 aliphatic heterocycles. The summed E-state index contributed by atoms with van der Waals surface area (Å²) in [5, 5.41) is 9.51. The van der Waals surface area contributed by atoms with E-state index in [9.17, 15) is 23.3 Å². The van der Waals surface area contributed by atoms with Gasteiger partial charge in [-0.3, -0.25) is 4.79 Å². The van der Waals surface area contributed by atoms with Gasteiger partial charge in [-0.15, -0.1) is 0 Å². The molecule has 10 heteroatoms. The van der Waals surface area contributed by atoms with Gasteiger partial charge in [0.05, 0.1) is 23.1 Å². The van der Waals surface area contributed by atoms with Crippen molar-refractivity contribution in [2.75, 3.05) is 33.3 Å². The van der Waals surface area contributed by atoms with Crippen LogP contribution in [0.3, 0.4) is 0 Å². The zero-order valence-electron chi connectivity index (χ0n) is 23.2. The van der Waals surface area contributed by atoms with Gasteiger partial charge < -0.3 is 14.5 Å². The molecule has 0 radical (unpaired) electrons. The van der Waals surface area contributed by atoms with E-state index in [1.165, 1.54) is 4.90 Å². The first-order valence-corrected chi connectivity index (χ1v) is 15.1. The van der Waals surface area contributed by atoms with Gasteiger partial charge >= 0.3 is 5.97 Å². The number of nitriles is 1. The van der Waals surface area contributed by atoms with Crippen molar-refractivity contribution in [1.82, 2.24) is 14.5 Å². The molecular formula is C30H36N4O5S. The van der Waals surface area contributed by atoms with Gasteiger partial charge in [0.2, 0.25) is 15.9 Å². The number of hydrogen-bond acceptors (Lipinski definition) is 7. The lowest BCUT2D eigenvalue weighted by Crippen LogP contribution is -2.55. The smallest absolute Gasteiger partial charge is 0.329 e. The number of esters is 1. The van der Waals surface area contributed by atoms with Crippen LogP contribution >= 0.6 is 0 Å². The zero-order valence-corrected chi connectivity index (χ0v) is 24.0. The number of carbonyl (C=O) groups excluding carboxylic acids is 2. The van der Waals surface area contributed by atoms with E-state index in [-0.39, 0.29) is 30.9 Å². The maximum Gasteiger partial charge on any atom is 0.329 e. The number of ether oxygens (including phenoxy) is 1. The third kappa shape index (κ3) is 6.78. The molecule has 0 bridgehead atoms. The summed E-state index contributed by atoms with van der Waals surface area (Å²) >= 11 is 0. The molecule has 4 rings (SSSR count). The number of nitrogens with zero attached hydrogens (tertiary/aromatic N) is 3. The first-order chi connectivity index (χ1) is 19.1. The maximum atomic E-state index is 14.0. The van der Waals surface area contributed by atoms with E-state index in [1.807, 2.05) is 26.1 Å². The van der Waals surface area contributed by atoms with Crippen LogP contribution in [-0.4, -0.2) is 75.5 Å². The van der Waals surface area contributed by atoms with Crippen LogP contribution < -0.4 is 4.72 Å². The number of amides is 1. The molecule has 0 fully saturated rings. The van der Waals surface area contributed by atoms with E-state index < -0.39 is 34.0 Å². The molecule has 212 valence electrons. The minimum absolute atomic E-state index is 0.0124. The lowest BCUT2D eigenvalue weighted by atomic mass is 9.99. The molecule has 2 aromatic rings.